The number of benzene rings is 6. The van der Waals surface area contributed by atoms with Crippen molar-refractivity contribution >= 4 is 87.5 Å². The number of para-hydroxylation sites is 4. The van der Waals surface area contributed by atoms with Crippen LogP contribution in [0.3, 0.4) is 0 Å². The van der Waals surface area contributed by atoms with E-state index < -0.39 is 17.4 Å². The van der Waals surface area contributed by atoms with Crippen molar-refractivity contribution < 1.29 is 17.4 Å². The molecule has 2 N–H and O–H groups in total. The Kier molecular flexibility index (Phi) is 8.32. The predicted molar refractivity (Wildman–Crippen MR) is 230 cm³/mol. The van der Waals surface area contributed by atoms with Gasteiger partial charge in [-0.05, 0) is 0 Å². The third-order valence-corrected chi connectivity index (χ3v) is 30.0. The number of hydrogen-bond acceptors (Lipinski definition) is 0. The molecule has 0 aliphatic heterocycles. The number of hydrogen-bond donors (Lipinski definition) is 2. The second-order valence-electron chi connectivity index (χ2n) is 16.0. The van der Waals surface area contributed by atoms with E-state index in [-0.39, 0.29) is 24.8 Å². The van der Waals surface area contributed by atoms with Gasteiger partial charge in [0.2, 0.25) is 0 Å². The summed E-state index contributed by atoms with van der Waals surface area (Å²) in [5.41, 5.74) is 19.0. The van der Waals surface area contributed by atoms with Crippen molar-refractivity contribution in [1.29, 1.82) is 0 Å². The normalized spacial score (nSPS) is 16.8. The molecular formula is C46H42Cl2N2SiZr. The summed E-state index contributed by atoms with van der Waals surface area (Å²) in [6, 6.07) is 45.1. The molecule has 0 bridgehead atoms. The minimum absolute atomic E-state index is 0. The van der Waals surface area contributed by atoms with Crippen LogP contribution in [0.25, 0.3) is 78.0 Å². The summed E-state index contributed by atoms with van der Waals surface area (Å²) in [5, 5.41) is 5.16. The third-order valence-electron chi connectivity index (χ3n) is 12.1. The molecule has 2 nitrogen and oxygen atoms in total. The Morgan fingerprint density at radius 2 is 0.827 bits per heavy atom. The van der Waals surface area contributed by atoms with Gasteiger partial charge >= 0.3 is 297 Å². The van der Waals surface area contributed by atoms with Crippen LogP contribution in [0.1, 0.15) is 43.4 Å². The van der Waals surface area contributed by atoms with Gasteiger partial charge in [-0.15, -0.1) is 24.8 Å². The topological polar surface area (TPSA) is 31.6 Å². The van der Waals surface area contributed by atoms with Gasteiger partial charge in [-0.25, -0.2) is 0 Å². The van der Waals surface area contributed by atoms with E-state index in [4.69, 9.17) is 0 Å². The van der Waals surface area contributed by atoms with Crippen molar-refractivity contribution in [3.8, 4) is 22.3 Å². The molecule has 2 aliphatic rings. The smallest absolute Gasteiger partial charge is 0.147 e. The molecule has 2 heterocycles. The molecule has 2 atom stereocenters. The molecule has 2 aliphatic carbocycles. The zero-order chi connectivity index (χ0) is 34.0. The van der Waals surface area contributed by atoms with E-state index in [1.54, 1.807) is 0 Å². The number of fused-ring (bicyclic) bond motifs is 8. The first kappa shape index (κ1) is 35.1. The average molecular weight is 813 g/mol. The van der Waals surface area contributed by atoms with Gasteiger partial charge in [0.25, 0.3) is 0 Å². The van der Waals surface area contributed by atoms with E-state index in [1.807, 2.05) is 0 Å². The third kappa shape index (κ3) is 4.91. The van der Waals surface area contributed by atoms with Crippen molar-refractivity contribution in [2.24, 2.45) is 0 Å². The van der Waals surface area contributed by atoms with Gasteiger partial charge in [-0.2, -0.15) is 0 Å². The number of aromatic amines is 2. The Labute approximate surface area is 319 Å². The van der Waals surface area contributed by atoms with Gasteiger partial charge in [-0.3, -0.25) is 0 Å². The first-order chi connectivity index (χ1) is 24.2. The van der Waals surface area contributed by atoms with Crippen LogP contribution >= 0.6 is 24.8 Å². The van der Waals surface area contributed by atoms with Crippen molar-refractivity contribution in [1.82, 2.24) is 9.97 Å². The first-order valence-corrected chi connectivity index (χ1v) is 31.5. The fourth-order valence-electron chi connectivity index (χ4n) is 10.5. The zero-order valence-electron chi connectivity index (χ0n) is 29.9. The standard InChI is InChI=1S/2C22H16N.2CH3.2ClH.H2Si.Zr/c2*1-14-12-15-6-4-8-16(20(15)13-14)18-9-5-10-19-17-7-2-3-11-21(17)23-22(18)19;;;;;;/h2*2-13,23H,1H3;2*1H3;2*1H;1H2;. The monoisotopic (exact) mass is 810 g/mol. The quantitative estimate of drug-likeness (QED) is 0.166. The Balaban J connectivity index is 0.00000193. The Hall–Kier alpha value is -3.92. The van der Waals surface area contributed by atoms with Crippen LogP contribution in [0.4, 0.5) is 0 Å². The minimum Gasteiger partial charge on any atom is -0.147 e. The maximum Gasteiger partial charge on any atom is -0.147 e. The van der Waals surface area contributed by atoms with E-state index in [1.165, 1.54) is 99.3 Å². The van der Waals surface area contributed by atoms with E-state index in [2.05, 4.69) is 173 Å². The van der Waals surface area contributed by atoms with Crippen molar-refractivity contribution in [3.05, 3.63) is 155 Å². The molecule has 0 radical (unpaired) electrons. The molecule has 0 amide bonds. The summed E-state index contributed by atoms with van der Waals surface area (Å²) in [7, 11) is 0. The fourth-order valence-corrected chi connectivity index (χ4v) is 31.7. The van der Waals surface area contributed by atoms with Gasteiger partial charge < -0.3 is 0 Å². The summed E-state index contributed by atoms with van der Waals surface area (Å²) in [4.78, 5) is 7.56. The average Bonchev–Trinajstić information content (AvgIpc) is 3.87. The first-order valence-electron chi connectivity index (χ1n) is 17.9. The summed E-state index contributed by atoms with van der Waals surface area (Å²) in [5.74, 6) is 0. The van der Waals surface area contributed by atoms with Gasteiger partial charge in [0, 0.05) is 0 Å². The largest absolute Gasteiger partial charge is 0.147 e. The molecule has 2 unspecified atom stereocenters. The van der Waals surface area contributed by atoms with Gasteiger partial charge in [-0.1, -0.05) is 0 Å². The number of rotatable bonds is 4. The van der Waals surface area contributed by atoms with E-state index >= 15 is 0 Å². The molecule has 0 spiro atoms. The summed E-state index contributed by atoms with van der Waals surface area (Å²) < 4.78 is 6.41. The van der Waals surface area contributed by atoms with E-state index in [0.717, 1.165) is 0 Å². The Morgan fingerprint density at radius 1 is 0.462 bits per heavy atom. The number of allylic oxidation sites excluding steroid dienone is 2. The molecule has 0 fully saturated rings. The van der Waals surface area contributed by atoms with Crippen LogP contribution in [-0.2, 0) is 17.4 Å². The second kappa shape index (κ2) is 12.3. The molecule has 6 aromatic carbocycles. The predicted octanol–water partition coefficient (Wildman–Crippen LogP) is 13.1. The van der Waals surface area contributed by atoms with Crippen LogP contribution in [0.2, 0.25) is 9.26 Å². The molecule has 258 valence electrons. The fraction of sp³-hybridized carbons (Fsp3) is 0.130. The minimum atomic E-state index is -3.71. The summed E-state index contributed by atoms with van der Waals surface area (Å²) >= 11 is -3.71. The van der Waals surface area contributed by atoms with Gasteiger partial charge in [0.05, 0.1) is 0 Å². The second-order valence-corrected chi connectivity index (χ2v) is 46.5. The SMILES string of the molecule is CC1=Cc2c(-c3cccc4c3[nH]c3ccccc34)cccc2[CH]1[Zr]([CH3])([CH3])(=[SiH2])[CH]1C(C)=Cc2c(-c3cccc4c3[nH]c3ccccc34)cccc21.Cl.Cl. The molecule has 2 aromatic heterocycles. The number of H-pyrrole nitrogens is 2. The van der Waals surface area contributed by atoms with E-state index in [0.29, 0.717) is 7.25 Å². The van der Waals surface area contributed by atoms with E-state index in [9.17, 15) is 0 Å². The van der Waals surface area contributed by atoms with Gasteiger partial charge in [0.15, 0.2) is 0 Å². The molecule has 8 aromatic rings. The van der Waals surface area contributed by atoms with Crippen molar-refractivity contribution in [2.75, 3.05) is 0 Å². The number of aromatic nitrogens is 2. The van der Waals surface area contributed by atoms with Crippen molar-refractivity contribution in [2.45, 2.75) is 30.4 Å². The van der Waals surface area contributed by atoms with Crippen LogP contribution in [0.15, 0.2) is 132 Å². The summed E-state index contributed by atoms with van der Waals surface area (Å²) in [6.07, 6.45) is 5.07. The van der Waals surface area contributed by atoms with Crippen molar-refractivity contribution in [3.63, 3.8) is 0 Å². The maximum atomic E-state index is 3.78. The molecule has 10 rings (SSSR count). The maximum absolute atomic E-state index is 3.78. The molecular weight excluding hydrogens is 771 g/mol. The van der Waals surface area contributed by atoms with Crippen LogP contribution in [0.5, 0.6) is 0 Å². The molecule has 0 saturated carbocycles. The summed E-state index contributed by atoms with van der Waals surface area (Å²) in [6.45, 7) is 7.25. The van der Waals surface area contributed by atoms with Crippen LogP contribution in [-0.4, -0.2) is 16.8 Å². The Bertz CT molecular complexity index is 2710. The molecule has 0 saturated heterocycles. The number of nitrogens with one attached hydrogen (secondary N) is 2. The van der Waals surface area contributed by atoms with Crippen LogP contribution in [0, 0.1) is 0 Å². The van der Waals surface area contributed by atoms with Crippen LogP contribution < -0.4 is 0 Å². The molecule has 52 heavy (non-hydrogen) atoms. The molecule has 6 heteroatoms. The zero-order valence-corrected chi connectivity index (χ0v) is 35.4. The van der Waals surface area contributed by atoms with Gasteiger partial charge in [0.1, 0.15) is 0 Å². The number of halogens is 2. The Morgan fingerprint density at radius 3 is 1.27 bits per heavy atom.